The molecule has 2 N–H and O–H groups in total. The Kier molecular flexibility index (Phi) is 4.31. The van der Waals surface area contributed by atoms with Crippen molar-refractivity contribution in [1.29, 1.82) is 0 Å². The third-order valence-electron chi connectivity index (χ3n) is 3.20. The van der Waals surface area contributed by atoms with E-state index in [0.29, 0.717) is 11.6 Å². The zero-order valence-electron chi connectivity index (χ0n) is 10.9. The van der Waals surface area contributed by atoms with E-state index in [4.69, 9.17) is 4.74 Å². The molecule has 2 atom stereocenters. The number of carbonyl (C=O) groups excluding carboxylic acids is 1. The number of methoxy groups -OCH3 is 1. The van der Waals surface area contributed by atoms with Gasteiger partial charge >= 0.3 is 0 Å². The first kappa shape index (κ1) is 13.5. The van der Waals surface area contributed by atoms with E-state index in [0.717, 1.165) is 18.7 Å². The van der Waals surface area contributed by atoms with Gasteiger partial charge in [0, 0.05) is 18.5 Å². The third kappa shape index (κ3) is 2.88. The van der Waals surface area contributed by atoms with E-state index in [9.17, 15) is 4.79 Å². The summed E-state index contributed by atoms with van der Waals surface area (Å²) >= 11 is 1.53. The molecule has 6 heteroatoms. The number of thiazole rings is 1. The van der Waals surface area contributed by atoms with Gasteiger partial charge in [0.25, 0.3) is 0 Å². The van der Waals surface area contributed by atoms with Gasteiger partial charge in [0.1, 0.15) is 0 Å². The van der Waals surface area contributed by atoms with E-state index in [1.54, 1.807) is 7.11 Å². The van der Waals surface area contributed by atoms with Crippen LogP contribution < -0.4 is 10.6 Å². The van der Waals surface area contributed by atoms with Gasteiger partial charge < -0.3 is 15.4 Å². The molecule has 0 spiro atoms. The van der Waals surface area contributed by atoms with Crippen LogP contribution in [0.5, 0.6) is 0 Å². The Morgan fingerprint density at radius 2 is 2.44 bits per heavy atom. The smallest absolute Gasteiger partial charge is 0.243 e. The predicted molar refractivity (Wildman–Crippen MR) is 72.1 cm³/mol. The molecule has 0 radical (unpaired) electrons. The Bertz CT molecular complexity index is 433. The number of amides is 1. The van der Waals surface area contributed by atoms with Crippen LogP contribution in [0.2, 0.25) is 0 Å². The maximum absolute atomic E-state index is 12.0. The van der Waals surface area contributed by atoms with Crippen molar-refractivity contribution in [2.45, 2.75) is 38.8 Å². The van der Waals surface area contributed by atoms with Crippen LogP contribution in [0.1, 0.15) is 23.9 Å². The van der Waals surface area contributed by atoms with Crippen molar-refractivity contribution in [3.05, 3.63) is 10.6 Å². The first-order valence-corrected chi connectivity index (χ1v) is 6.99. The van der Waals surface area contributed by atoms with Crippen LogP contribution in [0.15, 0.2) is 0 Å². The Morgan fingerprint density at radius 1 is 1.67 bits per heavy atom. The highest BCUT2D eigenvalue weighted by Crippen LogP contribution is 2.23. The molecule has 2 unspecified atom stereocenters. The summed E-state index contributed by atoms with van der Waals surface area (Å²) in [6.07, 6.45) is 1.74. The van der Waals surface area contributed by atoms with Crippen LogP contribution in [0.3, 0.4) is 0 Å². The number of anilines is 1. The molecule has 0 aromatic carbocycles. The van der Waals surface area contributed by atoms with Crippen LogP contribution in [0, 0.1) is 6.92 Å². The lowest BCUT2D eigenvalue weighted by molar-refractivity contribution is -0.118. The highest BCUT2D eigenvalue weighted by Gasteiger charge is 2.29. The molecule has 1 amide bonds. The number of hydrogen-bond donors (Lipinski definition) is 2. The molecule has 1 aliphatic rings. The van der Waals surface area contributed by atoms with Crippen LogP contribution in [0.4, 0.5) is 5.13 Å². The minimum absolute atomic E-state index is 0.0223. The van der Waals surface area contributed by atoms with Gasteiger partial charge in [-0.05, 0) is 19.8 Å². The molecule has 1 aromatic rings. The maximum Gasteiger partial charge on any atom is 0.243 e. The van der Waals surface area contributed by atoms with Crippen LogP contribution in [0.25, 0.3) is 0 Å². The summed E-state index contributed by atoms with van der Waals surface area (Å²) in [7, 11) is 1.67. The maximum atomic E-state index is 12.0. The summed E-state index contributed by atoms with van der Waals surface area (Å²) in [5, 5.41) is 6.72. The van der Waals surface area contributed by atoms with Crippen molar-refractivity contribution in [3.63, 3.8) is 0 Å². The van der Waals surface area contributed by atoms with Crippen molar-refractivity contribution in [2.24, 2.45) is 0 Å². The van der Waals surface area contributed by atoms with Gasteiger partial charge in [-0.25, -0.2) is 4.98 Å². The molecule has 2 heterocycles. The molecular formula is C12H19N3O2S. The predicted octanol–water partition coefficient (Wildman–Crippen LogP) is 1.33. The molecule has 5 nitrogen and oxygen atoms in total. The summed E-state index contributed by atoms with van der Waals surface area (Å²) in [4.78, 5) is 17.6. The molecule has 1 aromatic heterocycles. The molecule has 2 rings (SSSR count). The molecule has 100 valence electrons. The number of aromatic nitrogens is 1. The lowest BCUT2D eigenvalue weighted by Crippen LogP contribution is -2.35. The fourth-order valence-corrected chi connectivity index (χ4v) is 2.99. The van der Waals surface area contributed by atoms with Crippen LogP contribution in [-0.2, 0) is 16.0 Å². The van der Waals surface area contributed by atoms with Crippen molar-refractivity contribution in [3.8, 4) is 0 Å². The fraction of sp³-hybridized carbons (Fsp3) is 0.667. The van der Waals surface area contributed by atoms with Gasteiger partial charge in [-0.2, -0.15) is 0 Å². The zero-order valence-corrected chi connectivity index (χ0v) is 11.8. The van der Waals surface area contributed by atoms with Crippen LogP contribution >= 0.6 is 11.3 Å². The summed E-state index contributed by atoms with van der Waals surface area (Å²) in [6.45, 7) is 4.82. The van der Waals surface area contributed by atoms with Gasteiger partial charge in [0.15, 0.2) is 5.13 Å². The van der Waals surface area contributed by atoms with Crippen molar-refractivity contribution >= 4 is 22.4 Å². The fourth-order valence-electron chi connectivity index (χ4n) is 2.08. The van der Waals surface area contributed by atoms with Gasteiger partial charge in [-0.3, -0.25) is 4.79 Å². The lowest BCUT2D eigenvalue weighted by atomic mass is 10.2. The van der Waals surface area contributed by atoms with Crippen molar-refractivity contribution < 1.29 is 9.53 Å². The Labute approximate surface area is 111 Å². The highest BCUT2D eigenvalue weighted by molar-refractivity contribution is 7.15. The third-order valence-corrected chi connectivity index (χ3v) is 4.13. The zero-order chi connectivity index (χ0) is 13.1. The normalized spacial score (nSPS) is 23.3. The van der Waals surface area contributed by atoms with E-state index in [-0.39, 0.29) is 18.1 Å². The Morgan fingerprint density at radius 3 is 3.00 bits per heavy atom. The quantitative estimate of drug-likeness (QED) is 0.865. The van der Waals surface area contributed by atoms with E-state index in [1.165, 1.54) is 16.2 Å². The lowest BCUT2D eigenvalue weighted by Gasteiger charge is -2.09. The summed E-state index contributed by atoms with van der Waals surface area (Å²) in [5.74, 6) is -0.0223. The number of nitrogens with zero attached hydrogens (tertiary/aromatic N) is 1. The van der Waals surface area contributed by atoms with Crippen molar-refractivity contribution in [1.82, 2.24) is 10.3 Å². The molecular weight excluding hydrogens is 250 g/mol. The number of rotatable bonds is 4. The second kappa shape index (κ2) is 5.77. The largest absolute Gasteiger partial charge is 0.380 e. The monoisotopic (exact) mass is 269 g/mol. The van der Waals surface area contributed by atoms with E-state index >= 15 is 0 Å². The highest BCUT2D eigenvalue weighted by atomic mass is 32.1. The summed E-state index contributed by atoms with van der Waals surface area (Å²) in [6, 6.07) is -0.177. The summed E-state index contributed by atoms with van der Waals surface area (Å²) in [5.41, 5.74) is 1.06. The Hall–Kier alpha value is -0.980. The molecule has 0 saturated carbocycles. The second-order valence-electron chi connectivity index (χ2n) is 4.42. The average Bonchev–Trinajstić information content (AvgIpc) is 2.95. The van der Waals surface area contributed by atoms with Gasteiger partial charge in [0.2, 0.25) is 5.91 Å². The average molecular weight is 269 g/mol. The molecule has 1 saturated heterocycles. The standard InChI is InChI=1S/C12H19N3O2S/c1-4-9-7(2)18-12(14-9)15-11(16)10-5-8(17-3)6-13-10/h8,10,13H,4-6H2,1-3H3,(H,14,15,16). The molecule has 18 heavy (non-hydrogen) atoms. The molecule has 1 aliphatic heterocycles. The second-order valence-corrected chi connectivity index (χ2v) is 5.62. The van der Waals surface area contributed by atoms with Gasteiger partial charge in [-0.1, -0.05) is 6.92 Å². The first-order chi connectivity index (χ1) is 8.63. The number of ether oxygens (including phenoxy) is 1. The van der Waals surface area contributed by atoms with E-state index in [2.05, 4.69) is 22.5 Å². The number of nitrogens with one attached hydrogen (secondary N) is 2. The minimum Gasteiger partial charge on any atom is -0.380 e. The van der Waals surface area contributed by atoms with E-state index < -0.39 is 0 Å². The van der Waals surface area contributed by atoms with Crippen molar-refractivity contribution in [2.75, 3.05) is 19.0 Å². The molecule has 0 bridgehead atoms. The SMILES string of the molecule is CCc1nc(NC(=O)C2CC(OC)CN2)sc1C. The van der Waals surface area contributed by atoms with Gasteiger partial charge in [-0.15, -0.1) is 11.3 Å². The number of hydrogen-bond acceptors (Lipinski definition) is 5. The summed E-state index contributed by atoms with van der Waals surface area (Å²) < 4.78 is 5.23. The number of carbonyl (C=O) groups is 1. The number of aryl methyl sites for hydroxylation is 2. The van der Waals surface area contributed by atoms with Gasteiger partial charge in [0.05, 0.1) is 17.8 Å². The van der Waals surface area contributed by atoms with Crippen LogP contribution in [-0.4, -0.2) is 36.7 Å². The minimum atomic E-state index is -0.177. The topological polar surface area (TPSA) is 63.2 Å². The first-order valence-electron chi connectivity index (χ1n) is 6.17. The van der Waals surface area contributed by atoms with E-state index in [1.807, 2.05) is 6.92 Å². The molecule has 1 fully saturated rings. The molecule has 0 aliphatic carbocycles. The Balaban J connectivity index is 1.94.